The molecular weight excluding hydrogens is 392 g/mol. The van der Waals surface area contributed by atoms with Gasteiger partial charge in [-0.25, -0.2) is 0 Å². The largest absolute Gasteiger partial charge is 0.495 e. The fourth-order valence-electron chi connectivity index (χ4n) is 4.20. The number of nitrogens with one attached hydrogen (secondary N) is 2. The van der Waals surface area contributed by atoms with Crippen LogP contribution in [0.2, 0.25) is 0 Å². The quantitative estimate of drug-likeness (QED) is 0.318. The monoisotopic (exact) mass is 432 g/mol. The zero-order valence-corrected chi connectivity index (χ0v) is 19.3. The van der Waals surface area contributed by atoms with Crippen LogP contribution in [0.4, 0.5) is 5.69 Å². The van der Waals surface area contributed by atoms with Gasteiger partial charge in [0.1, 0.15) is 5.75 Å². The number of methoxy groups -OCH3 is 1. The molecule has 0 spiro atoms. The van der Waals surface area contributed by atoms with E-state index in [1.807, 2.05) is 12.1 Å². The summed E-state index contributed by atoms with van der Waals surface area (Å²) in [7, 11) is 1.74. The Balaban J connectivity index is 1.35. The number of benzene rings is 1. The molecule has 2 saturated heterocycles. The molecule has 174 valence electrons. The van der Waals surface area contributed by atoms with Gasteiger partial charge in [-0.2, -0.15) is 0 Å². The van der Waals surface area contributed by atoms with Crippen molar-refractivity contribution in [3.8, 4) is 5.75 Å². The Morgan fingerprint density at radius 3 is 2.81 bits per heavy atom. The first kappa shape index (κ1) is 23.7. The molecule has 2 heterocycles. The van der Waals surface area contributed by atoms with Crippen molar-refractivity contribution in [1.29, 1.82) is 0 Å². The second kappa shape index (κ2) is 13.4. The van der Waals surface area contributed by atoms with E-state index in [2.05, 4.69) is 34.6 Å². The average Bonchev–Trinajstić information content (AvgIpc) is 3.29. The minimum absolute atomic E-state index is 0.558. The van der Waals surface area contributed by atoms with E-state index in [0.29, 0.717) is 11.8 Å². The van der Waals surface area contributed by atoms with Crippen molar-refractivity contribution in [2.45, 2.75) is 32.6 Å². The molecule has 0 aromatic heterocycles. The molecule has 0 radical (unpaired) electrons. The lowest BCUT2D eigenvalue weighted by Crippen LogP contribution is -2.38. The standard InChI is InChI=1S/C24H40N4O3/c1-3-25-24(26-12-6-14-31-19-20-10-15-30-16-11-20)27-17-21-9-13-28(18-21)22-7-4-5-8-23(22)29-2/h4-5,7-8,20-21H,3,6,9-19H2,1-2H3,(H2,25,26,27). The van der Waals surface area contributed by atoms with Gasteiger partial charge in [-0.3, -0.25) is 4.99 Å². The number of anilines is 1. The number of hydrogen-bond donors (Lipinski definition) is 2. The lowest BCUT2D eigenvalue weighted by Gasteiger charge is -2.21. The third kappa shape index (κ3) is 7.89. The molecule has 1 unspecified atom stereocenters. The van der Waals surface area contributed by atoms with Crippen LogP contribution in [0.25, 0.3) is 0 Å². The average molecular weight is 433 g/mol. The summed E-state index contributed by atoms with van der Waals surface area (Å²) in [6, 6.07) is 8.26. The van der Waals surface area contributed by atoms with Crippen molar-refractivity contribution in [3.05, 3.63) is 24.3 Å². The fourth-order valence-corrected chi connectivity index (χ4v) is 4.20. The zero-order chi connectivity index (χ0) is 21.7. The molecule has 3 rings (SSSR count). The Hall–Kier alpha value is -1.99. The highest BCUT2D eigenvalue weighted by atomic mass is 16.5. The van der Waals surface area contributed by atoms with E-state index >= 15 is 0 Å². The fraction of sp³-hybridized carbons (Fsp3) is 0.708. The van der Waals surface area contributed by atoms with Crippen LogP contribution in [0, 0.1) is 11.8 Å². The summed E-state index contributed by atoms with van der Waals surface area (Å²) in [5.41, 5.74) is 1.18. The van der Waals surface area contributed by atoms with Crippen LogP contribution in [0.3, 0.4) is 0 Å². The van der Waals surface area contributed by atoms with E-state index in [1.54, 1.807) is 7.11 Å². The first-order valence-corrected chi connectivity index (χ1v) is 11.9. The van der Waals surface area contributed by atoms with Crippen LogP contribution in [0.15, 0.2) is 29.3 Å². The van der Waals surface area contributed by atoms with Gasteiger partial charge in [0, 0.05) is 59.2 Å². The highest BCUT2D eigenvalue weighted by Crippen LogP contribution is 2.31. The smallest absolute Gasteiger partial charge is 0.191 e. The van der Waals surface area contributed by atoms with Crippen molar-refractivity contribution in [2.75, 3.05) is 71.2 Å². The lowest BCUT2D eigenvalue weighted by atomic mass is 10.0. The van der Waals surface area contributed by atoms with Gasteiger partial charge in [0.2, 0.25) is 0 Å². The molecule has 7 heteroatoms. The molecule has 2 aliphatic rings. The van der Waals surface area contributed by atoms with Crippen molar-refractivity contribution in [1.82, 2.24) is 10.6 Å². The molecule has 1 atom stereocenters. The van der Waals surface area contributed by atoms with Crippen LogP contribution in [-0.4, -0.2) is 72.2 Å². The Kier molecular flexibility index (Phi) is 10.3. The first-order chi connectivity index (χ1) is 15.3. The second-order valence-corrected chi connectivity index (χ2v) is 8.40. The third-order valence-electron chi connectivity index (χ3n) is 6.02. The van der Waals surface area contributed by atoms with E-state index in [-0.39, 0.29) is 0 Å². The Bertz CT molecular complexity index is 664. The summed E-state index contributed by atoms with van der Waals surface area (Å²) in [6.07, 6.45) is 4.40. The van der Waals surface area contributed by atoms with E-state index in [9.17, 15) is 0 Å². The number of guanidine groups is 1. The third-order valence-corrected chi connectivity index (χ3v) is 6.02. The van der Waals surface area contributed by atoms with Crippen molar-refractivity contribution in [3.63, 3.8) is 0 Å². The summed E-state index contributed by atoms with van der Waals surface area (Å²) < 4.78 is 16.8. The minimum atomic E-state index is 0.558. The minimum Gasteiger partial charge on any atom is -0.495 e. The molecule has 2 N–H and O–H groups in total. The molecule has 2 fully saturated rings. The van der Waals surface area contributed by atoms with Crippen LogP contribution < -0.4 is 20.3 Å². The molecule has 0 bridgehead atoms. The van der Waals surface area contributed by atoms with Crippen molar-refractivity contribution >= 4 is 11.6 Å². The number of aliphatic imine (C=N–C) groups is 1. The molecule has 1 aromatic rings. The van der Waals surface area contributed by atoms with Gasteiger partial charge in [-0.1, -0.05) is 12.1 Å². The summed E-state index contributed by atoms with van der Waals surface area (Å²) >= 11 is 0. The van der Waals surface area contributed by atoms with Crippen molar-refractivity contribution < 1.29 is 14.2 Å². The predicted molar refractivity (Wildman–Crippen MR) is 126 cm³/mol. The van der Waals surface area contributed by atoms with E-state index in [4.69, 9.17) is 19.2 Å². The van der Waals surface area contributed by atoms with Gasteiger partial charge in [-0.15, -0.1) is 0 Å². The van der Waals surface area contributed by atoms with E-state index in [0.717, 1.165) is 96.5 Å². The normalized spacial score (nSPS) is 20.1. The number of hydrogen-bond acceptors (Lipinski definition) is 5. The number of ether oxygens (including phenoxy) is 3. The van der Waals surface area contributed by atoms with Gasteiger partial charge in [0.25, 0.3) is 0 Å². The SMILES string of the molecule is CCNC(=NCC1CCN(c2ccccc2OC)C1)NCCCOCC1CCOCC1. The summed E-state index contributed by atoms with van der Waals surface area (Å²) in [4.78, 5) is 7.25. The number of rotatable bonds is 11. The van der Waals surface area contributed by atoms with E-state index in [1.165, 1.54) is 5.69 Å². The van der Waals surface area contributed by atoms with Gasteiger partial charge in [0.05, 0.1) is 12.8 Å². The number of nitrogens with zero attached hydrogens (tertiary/aromatic N) is 2. The molecule has 2 aliphatic heterocycles. The Labute approximate surface area is 187 Å². The van der Waals surface area contributed by atoms with Gasteiger partial charge in [0.15, 0.2) is 5.96 Å². The highest BCUT2D eigenvalue weighted by molar-refractivity contribution is 5.79. The summed E-state index contributed by atoms with van der Waals surface area (Å²) in [5, 5.41) is 6.81. The lowest BCUT2D eigenvalue weighted by molar-refractivity contribution is 0.0203. The number of para-hydroxylation sites is 2. The maximum absolute atomic E-state index is 5.86. The van der Waals surface area contributed by atoms with E-state index < -0.39 is 0 Å². The Morgan fingerprint density at radius 1 is 1.16 bits per heavy atom. The topological polar surface area (TPSA) is 67.4 Å². The maximum atomic E-state index is 5.86. The molecule has 0 saturated carbocycles. The van der Waals surface area contributed by atoms with Crippen LogP contribution in [-0.2, 0) is 9.47 Å². The molecule has 0 aliphatic carbocycles. The zero-order valence-electron chi connectivity index (χ0n) is 19.3. The molecule has 7 nitrogen and oxygen atoms in total. The van der Waals surface area contributed by atoms with Gasteiger partial charge >= 0.3 is 0 Å². The van der Waals surface area contributed by atoms with Gasteiger partial charge in [-0.05, 0) is 56.6 Å². The molecule has 0 amide bonds. The van der Waals surface area contributed by atoms with Crippen LogP contribution in [0.1, 0.15) is 32.6 Å². The second-order valence-electron chi connectivity index (χ2n) is 8.40. The summed E-state index contributed by atoms with van der Waals surface area (Å²) in [6.45, 7) is 10.2. The summed E-state index contributed by atoms with van der Waals surface area (Å²) in [5.74, 6) is 3.08. The highest BCUT2D eigenvalue weighted by Gasteiger charge is 2.24. The molecule has 31 heavy (non-hydrogen) atoms. The predicted octanol–water partition coefficient (Wildman–Crippen LogP) is 2.91. The van der Waals surface area contributed by atoms with Gasteiger partial charge < -0.3 is 29.7 Å². The first-order valence-electron chi connectivity index (χ1n) is 11.9. The van der Waals surface area contributed by atoms with Crippen LogP contribution in [0.5, 0.6) is 5.75 Å². The maximum Gasteiger partial charge on any atom is 0.191 e. The van der Waals surface area contributed by atoms with Crippen LogP contribution >= 0.6 is 0 Å². The molecular formula is C24H40N4O3. The Morgan fingerprint density at radius 2 is 2.00 bits per heavy atom. The van der Waals surface area contributed by atoms with Crippen molar-refractivity contribution in [2.24, 2.45) is 16.8 Å². The molecule has 1 aromatic carbocycles.